The zero-order valence-corrected chi connectivity index (χ0v) is 13.5. The van der Waals surface area contributed by atoms with Gasteiger partial charge in [0.05, 0.1) is 6.61 Å². The Labute approximate surface area is 121 Å². The van der Waals surface area contributed by atoms with Crippen LogP contribution in [0.15, 0.2) is 0 Å². The molecule has 1 fully saturated rings. The Morgan fingerprint density at radius 3 is 2.55 bits per heavy atom. The Kier molecular flexibility index (Phi) is 5.82. The van der Waals surface area contributed by atoms with Crippen molar-refractivity contribution in [2.24, 2.45) is 5.92 Å². The fourth-order valence-electron chi connectivity index (χ4n) is 2.06. The number of likely N-dealkylation sites (tertiary alicyclic amines) is 1. The number of amides is 1. The average molecular weight is 307 g/mol. The minimum atomic E-state index is -3.11. The van der Waals surface area contributed by atoms with Gasteiger partial charge in [-0.25, -0.2) is 13.2 Å². The Morgan fingerprint density at radius 1 is 1.35 bits per heavy atom. The standard InChI is InChI=1S/C13H25NO5S/c1-13(2,3)19-12(15)14-7-5-6-11(8-14)9-18-10-20(4,16)17/h11H,5-10H2,1-4H3/t11-/m0/s1. The van der Waals surface area contributed by atoms with Crippen molar-refractivity contribution in [3.8, 4) is 0 Å². The Morgan fingerprint density at radius 2 is 2.00 bits per heavy atom. The van der Waals surface area contributed by atoms with Gasteiger partial charge in [-0.05, 0) is 33.6 Å². The normalized spacial score (nSPS) is 20.8. The second-order valence-electron chi connectivity index (χ2n) is 6.35. The van der Waals surface area contributed by atoms with Crippen molar-refractivity contribution in [2.45, 2.75) is 39.2 Å². The molecule has 7 heteroatoms. The van der Waals surface area contributed by atoms with Crippen molar-refractivity contribution in [1.29, 1.82) is 0 Å². The summed E-state index contributed by atoms with van der Waals surface area (Å²) in [5, 5.41) is 0. The zero-order chi connectivity index (χ0) is 15.4. The van der Waals surface area contributed by atoms with Gasteiger partial charge in [-0.2, -0.15) is 0 Å². The molecule has 1 heterocycles. The molecular weight excluding hydrogens is 282 g/mol. The minimum Gasteiger partial charge on any atom is -0.444 e. The van der Waals surface area contributed by atoms with E-state index in [2.05, 4.69) is 0 Å². The van der Waals surface area contributed by atoms with Crippen LogP contribution in [0.2, 0.25) is 0 Å². The van der Waals surface area contributed by atoms with Crippen molar-refractivity contribution in [3.05, 3.63) is 0 Å². The number of carbonyl (C=O) groups excluding carboxylic acids is 1. The monoisotopic (exact) mass is 307 g/mol. The lowest BCUT2D eigenvalue weighted by Crippen LogP contribution is -2.43. The maximum atomic E-state index is 12.0. The van der Waals surface area contributed by atoms with Crippen LogP contribution in [0.1, 0.15) is 33.6 Å². The summed E-state index contributed by atoms with van der Waals surface area (Å²) in [6.45, 7) is 7.09. The number of carbonyl (C=O) groups is 1. The van der Waals surface area contributed by atoms with Crippen LogP contribution in [0, 0.1) is 5.92 Å². The number of hydrogen-bond acceptors (Lipinski definition) is 5. The maximum absolute atomic E-state index is 12.0. The molecule has 0 radical (unpaired) electrons. The van der Waals surface area contributed by atoms with Gasteiger partial charge in [-0.3, -0.25) is 0 Å². The molecular formula is C13H25NO5S. The van der Waals surface area contributed by atoms with Gasteiger partial charge in [0.1, 0.15) is 11.5 Å². The topological polar surface area (TPSA) is 72.9 Å². The summed E-state index contributed by atoms with van der Waals surface area (Å²) in [6.07, 6.45) is 2.64. The van der Waals surface area contributed by atoms with Crippen molar-refractivity contribution < 1.29 is 22.7 Å². The fraction of sp³-hybridized carbons (Fsp3) is 0.923. The number of ether oxygens (including phenoxy) is 2. The van der Waals surface area contributed by atoms with Gasteiger partial charge >= 0.3 is 6.09 Å². The van der Waals surface area contributed by atoms with Crippen LogP contribution >= 0.6 is 0 Å². The molecule has 1 aliphatic rings. The summed E-state index contributed by atoms with van der Waals surface area (Å²) < 4.78 is 32.5. The SMILES string of the molecule is CC(C)(C)OC(=O)N1CCC[C@H](COCS(C)(=O)=O)C1. The van der Waals surface area contributed by atoms with Gasteiger partial charge in [0.15, 0.2) is 9.84 Å². The Balaban J connectivity index is 2.40. The predicted molar refractivity (Wildman–Crippen MR) is 76.2 cm³/mol. The molecule has 0 aromatic heterocycles. The van der Waals surface area contributed by atoms with Gasteiger partial charge in [0.2, 0.25) is 0 Å². The number of piperidine rings is 1. The third-order valence-electron chi connectivity index (χ3n) is 2.82. The summed E-state index contributed by atoms with van der Waals surface area (Å²) in [7, 11) is -3.11. The summed E-state index contributed by atoms with van der Waals surface area (Å²) >= 11 is 0. The third kappa shape index (κ3) is 7.09. The van der Waals surface area contributed by atoms with Gasteiger partial charge in [-0.1, -0.05) is 0 Å². The van der Waals surface area contributed by atoms with E-state index in [9.17, 15) is 13.2 Å². The molecule has 1 rings (SSSR count). The first kappa shape index (κ1) is 17.2. The second-order valence-corrected chi connectivity index (χ2v) is 8.44. The van der Waals surface area contributed by atoms with Crippen LogP contribution in [0.25, 0.3) is 0 Å². The quantitative estimate of drug-likeness (QED) is 0.789. The number of nitrogens with zero attached hydrogens (tertiary/aromatic N) is 1. The van der Waals surface area contributed by atoms with Crippen molar-refractivity contribution in [1.82, 2.24) is 4.90 Å². The average Bonchev–Trinajstić information content (AvgIpc) is 2.25. The lowest BCUT2D eigenvalue weighted by molar-refractivity contribution is 0.0100. The number of rotatable bonds is 4. The predicted octanol–water partition coefficient (Wildman–Crippen LogP) is 1.65. The maximum Gasteiger partial charge on any atom is 0.410 e. The third-order valence-corrected chi connectivity index (χ3v) is 3.42. The molecule has 0 aromatic rings. The first-order valence-corrected chi connectivity index (χ1v) is 8.86. The Hall–Kier alpha value is -0.820. The van der Waals surface area contributed by atoms with Crippen LogP contribution in [0.4, 0.5) is 4.79 Å². The smallest absolute Gasteiger partial charge is 0.410 e. The van der Waals surface area contributed by atoms with E-state index in [-0.39, 0.29) is 18.0 Å². The lowest BCUT2D eigenvalue weighted by Gasteiger charge is -2.34. The number of hydrogen-bond donors (Lipinski definition) is 0. The molecule has 0 saturated carbocycles. The van der Waals surface area contributed by atoms with E-state index in [1.165, 1.54) is 0 Å². The molecule has 0 spiro atoms. The van der Waals surface area contributed by atoms with Crippen LogP contribution in [-0.4, -0.2) is 56.9 Å². The number of sulfone groups is 1. The van der Waals surface area contributed by atoms with Crippen LogP contribution in [0.3, 0.4) is 0 Å². The summed E-state index contributed by atoms with van der Waals surface area (Å²) in [5.41, 5.74) is -0.503. The van der Waals surface area contributed by atoms with Crippen molar-refractivity contribution in [3.63, 3.8) is 0 Å². The van der Waals surface area contributed by atoms with Gasteiger partial charge in [0, 0.05) is 25.3 Å². The molecule has 0 unspecified atom stereocenters. The minimum absolute atomic E-state index is 0.165. The molecule has 20 heavy (non-hydrogen) atoms. The van der Waals surface area contributed by atoms with E-state index < -0.39 is 15.4 Å². The highest BCUT2D eigenvalue weighted by Gasteiger charge is 2.27. The molecule has 6 nitrogen and oxygen atoms in total. The largest absolute Gasteiger partial charge is 0.444 e. The summed E-state index contributed by atoms with van der Waals surface area (Å²) in [6, 6.07) is 0. The molecule has 0 bridgehead atoms. The van der Waals surface area contributed by atoms with Gasteiger partial charge < -0.3 is 14.4 Å². The molecule has 1 saturated heterocycles. The first-order valence-electron chi connectivity index (χ1n) is 6.80. The van der Waals surface area contributed by atoms with E-state index in [0.717, 1.165) is 19.1 Å². The summed E-state index contributed by atoms with van der Waals surface area (Å²) in [4.78, 5) is 13.6. The fourth-order valence-corrected chi connectivity index (χ4v) is 2.46. The molecule has 0 aromatic carbocycles. The van der Waals surface area contributed by atoms with Crippen molar-refractivity contribution >= 4 is 15.9 Å². The molecule has 1 atom stereocenters. The van der Waals surface area contributed by atoms with Crippen LogP contribution in [-0.2, 0) is 19.3 Å². The van der Waals surface area contributed by atoms with Gasteiger partial charge in [0.25, 0.3) is 0 Å². The van der Waals surface area contributed by atoms with E-state index >= 15 is 0 Å². The first-order chi connectivity index (χ1) is 9.07. The van der Waals surface area contributed by atoms with E-state index in [1.54, 1.807) is 4.90 Å². The molecule has 0 aliphatic carbocycles. The highest BCUT2D eigenvalue weighted by molar-refractivity contribution is 7.90. The highest BCUT2D eigenvalue weighted by Crippen LogP contribution is 2.19. The molecule has 0 N–H and O–H groups in total. The summed E-state index contributed by atoms with van der Waals surface area (Å²) in [5.74, 6) is -0.103. The second kappa shape index (κ2) is 6.76. The molecule has 1 amide bonds. The van der Waals surface area contributed by atoms with E-state index in [4.69, 9.17) is 9.47 Å². The van der Waals surface area contributed by atoms with Gasteiger partial charge in [-0.15, -0.1) is 0 Å². The molecule has 1 aliphatic heterocycles. The Bertz CT molecular complexity index is 427. The van der Waals surface area contributed by atoms with Crippen LogP contribution < -0.4 is 0 Å². The van der Waals surface area contributed by atoms with Crippen molar-refractivity contribution in [2.75, 3.05) is 31.9 Å². The van der Waals surface area contributed by atoms with E-state index in [0.29, 0.717) is 19.7 Å². The van der Waals surface area contributed by atoms with E-state index in [1.807, 2.05) is 20.8 Å². The zero-order valence-electron chi connectivity index (χ0n) is 12.7. The molecule has 118 valence electrons. The highest BCUT2D eigenvalue weighted by atomic mass is 32.2. The van der Waals surface area contributed by atoms with Crippen LogP contribution in [0.5, 0.6) is 0 Å². The lowest BCUT2D eigenvalue weighted by atomic mass is 9.99.